The molecule has 2 heterocycles. The highest BCUT2D eigenvalue weighted by atomic mass is 32.1. The van der Waals surface area contributed by atoms with Crippen molar-refractivity contribution in [2.45, 2.75) is 52.0 Å². The van der Waals surface area contributed by atoms with E-state index in [1.165, 1.54) is 24.2 Å². The molecule has 1 aromatic heterocycles. The van der Waals surface area contributed by atoms with Gasteiger partial charge in [0.15, 0.2) is 0 Å². The molecule has 1 amide bonds. The molecule has 1 saturated heterocycles. The largest absolute Gasteiger partial charge is 0.507 e. The summed E-state index contributed by atoms with van der Waals surface area (Å²) >= 11 is 1.50. The average molecular weight is 455 g/mol. The lowest BCUT2D eigenvalue weighted by Crippen LogP contribution is -2.34. The summed E-state index contributed by atoms with van der Waals surface area (Å²) in [7, 11) is 0. The number of nitrogens with zero attached hydrogens (tertiary/aromatic N) is 2. The number of ketones is 1. The maximum atomic E-state index is 13.0. The van der Waals surface area contributed by atoms with Crippen molar-refractivity contribution in [3.63, 3.8) is 0 Å². The van der Waals surface area contributed by atoms with Crippen molar-refractivity contribution < 1.29 is 14.7 Å². The van der Waals surface area contributed by atoms with E-state index in [-0.39, 0.29) is 11.3 Å². The van der Waals surface area contributed by atoms with Gasteiger partial charge in [-0.05, 0) is 50.3 Å². The summed E-state index contributed by atoms with van der Waals surface area (Å²) in [5, 5.41) is 12.9. The van der Waals surface area contributed by atoms with E-state index in [1.807, 2.05) is 35.7 Å². The van der Waals surface area contributed by atoms with E-state index in [0.717, 1.165) is 43.8 Å². The molecule has 0 saturated carbocycles. The summed E-state index contributed by atoms with van der Waals surface area (Å²) in [5.41, 5.74) is 0.745. The summed E-state index contributed by atoms with van der Waals surface area (Å²) in [5.74, 6) is -1.22. The number of aliphatic hydroxyl groups excluding tert-OH is 1. The predicted octanol–water partition coefficient (Wildman–Crippen LogP) is 5.46. The Morgan fingerprint density at radius 2 is 1.62 bits per heavy atom. The summed E-state index contributed by atoms with van der Waals surface area (Å²) in [6, 6.07) is 12.3. The molecule has 1 fully saturated rings. The molecule has 1 aliphatic rings. The third kappa shape index (κ3) is 5.67. The molecule has 3 rings (SSSR count). The zero-order chi connectivity index (χ0) is 22.9. The number of carbonyl (C=O) groups excluding carboxylic acids is 2. The third-order valence-electron chi connectivity index (χ3n) is 5.93. The zero-order valence-electron chi connectivity index (χ0n) is 19.1. The number of amides is 1. The number of benzene rings is 1. The molecular weight excluding hydrogens is 420 g/mol. The van der Waals surface area contributed by atoms with Gasteiger partial charge in [-0.25, -0.2) is 0 Å². The number of Topliss-reactive ketones (excluding diaryl/α,β-unsaturated/α-hetero) is 1. The molecule has 1 aliphatic heterocycles. The number of hydrogen-bond acceptors (Lipinski definition) is 5. The molecule has 0 spiro atoms. The molecule has 2 aromatic rings. The highest BCUT2D eigenvalue weighted by Gasteiger charge is 2.46. The number of likely N-dealkylation sites (tertiary alicyclic amines) is 1. The third-order valence-corrected chi connectivity index (χ3v) is 6.85. The first-order valence-corrected chi connectivity index (χ1v) is 12.6. The van der Waals surface area contributed by atoms with Gasteiger partial charge >= 0.3 is 0 Å². The molecule has 0 unspecified atom stereocenters. The molecule has 0 aliphatic carbocycles. The van der Waals surface area contributed by atoms with E-state index in [1.54, 1.807) is 17.0 Å². The van der Waals surface area contributed by atoms with Crippen LogP contribution in [0.1, 0.15) is 62.4 Å². The topological polar surface area (TPSA) is 60.9 Å². The summed E-state index contributed by atoms with van der Waals surface area (Å²) in [6.45, 7) is 7.93. The van der Waals surface area contributed by atoms with Gasteiger partial charge in [0.2, 0.25) is 0 Å². The second kappa shape index (κ2) is 12.0. The standard InChI is InChI=1S/C26H34N2O3S/c1-3-5-15-27(16-6-4-2)17-11-18-28-23(21-14-10-19-32-21)22(25(30)26(28)31)24(29)20-12-8-7-9-13-20/h7-10,12-14,19,23,29H,3-6,11,15-18H2,1-2H3/t23-/m1/s1. The van der Waals surface area contributed by atoms with Crippen LogP contribution in [0.3, 0.4) is 0 Å². The van der Waals surface area contributed by atoms with Crippen LogP contribution in [0.15, 0.2) is 53.4 Å². The fourth-order valence-corrected chi connectivity index (χ4v) is 5.01. The van der Waals surface area contributed by atoms with Gasteiger partial charge in [-0.2, -0.15) is 0 Å². The Morgan fingerprint density at radius 3 is 2.22 bits per heavy atom. The summed E-state index contributed by atoms with van der Waals surface area (Å²) < 4.78 is 0. The molecular formula is C26H34N2O3S. The van der Waals surface area contributed by atoms with Gasteiger partial charge in [0, 0.05) is 17.0 Å². The van der Waals surface area contributed by atoms with Crippen molar-refractivity contribution >= 4 is 28.8 Å². The van der Waals surface area contributed by atoms with Crippen molar-refractivity contribution in [1.82, 2.24) is 9.80 Å². The maximum Gasteiger partial charge on any atom is 0.295 e. The molecule has 5 nitrogen and oxygen atoms in total. The highest BCUT2D eigenvalue weighted by molar-refractivity contribution is 7.10. The van der Waals surface area contributed by atoms with E-state index in [4.69, 9.17) is 0 Å². The van der Waals surface area contributed by atoms with Gasteiger partial charge in [0.25, 0.3) is 11.7 Å². The van der Waals surface area contributed by atoms with Crippen LogP contribution < -0.4 is 0 Å². The van der Waals surface area contributed by atoms with E-state index < -0.39 is 17.7 Å². The zero-order valence-corrected chi connectivity index (χ0v) is 19.9. The minimum absolute atomic E-state index is 0.0997. The van der Waals surface area contributed by atoms with Gasteiger partial charge in [-0.3, -0.25) is 9.59 Å². The van der Waals surface area contributed by atoms with Crippen LogP contribution in [-0.4, -0.2) is 52.8 Å². The van der Waals surface area contributed by atoms with E-state index in [0.29, 0.717) is 12.1 Å². The molecule has 172 valence electrons. The molecule has 1 N–H and O–H groups in total. The minimum Gasteiger partial charge on any atom is -0.507 e. The first-order chi connectivity index (χ1) is 15.6. The van der Waals surface area contributed by atoms with E-state index >= 15 is 0 Å². The molecule has 0 bridgehead atoms. The van der Waals surface area contributed by atoms with Crippen LogP contribution in [0.4, 0.5) is 0 Å². The SMILES string of the molecule is CCCCN(CCCC)CCCN1C(=O)C(=O)C(=C(O)c2ccccc2)[C@H]1c1cccs1. The van der Waals surface area contributed by atoms with Crippen LogP contribution >= 0.6 is 11.3 Å². The van der Waals surface area contributed by atoms with Crippen molar-refractivity contribution in [3.8, 4) is 0 Å². The van der Waals surface area contributed by atoms with Crippen molar-refractivity contribution in [1.29, 1.82) is 0 Å². The van der Waals surface area contributed by atoms with Crippen LogP contribution in [0, 0.1) is 0 Å². The average Bonchev–Trinajstić information content (AvgIpc) is 3.43. The van der Waals surface area contributed by atoms with Crippen LogP contribution in [-0.2, 0) is 9.59 Å². The first-order valence-electron chi connectivity index (χ1n) is 11.7. The Bertz CT molecular complexity index is 900. The molecule has 6 heteroatoms. The second-order valence-corrected chi connectivity index (χ2v) is 9.26. The molecule has 1 aromatic carbocycles. The number of rotatable bonds is 12. The fraction of sp³-hybridized carbons (Fsp3) is 0.462. The van der Waals surface area contributed by atoms with Crippen LogP contribution in [0.25, 0.3) is 5.76 Å². The summed E-state index contributed by atoms with van der Waals surface area (Å²) in [4.78, 5) is 31.0. The monoisotopic (exact) mass is 454 g/mol. The molecule has 0 radical (unpaired) electrons. The van der Waals surface area contributed by atoms with E-state index in [9.17, 15) is 14.7 Å². The molecule has 32 heavy (non-hydrogen) atoms. The quantitative estimate of drug-likeness (QED) is 0.263. The maximum absolute atomic E-state index is 13.0. The van der Waals surface area contributed by atoms with Crippen molar-refractivity contribution in [2.75, 3.05) is 26.2 Å². The van der Waals surface area contributed by atoms with Crippen LogP contribution in [0.2, 0.25) is 0 Å². The fourth-order valence-electron chi connectivity index (χ4n) is 4.17. The lowest BCUT2D eigenvalue weighted by molar-refractivity contribution is -0.139. The van der Waals surface area contributed by atoms with Gasteiger partial charge in [0.05, 0.1) is 11.6 Å². The number of thiophene rings is 1. The lowest BCUT2D eigenvalue weighted by Gasteiger charge is -2.26. The molecule has 1 atom stereocenters. The van der Waals surface area contributed by atoms with Crippen molar-refractivity contribution in [2.24, 2.45) is 0 Å². The highest BCUT2D eigenvalue weighted by Crippen LogP contribution is 2.41. The Hall–Kier alpha value is -2.44. The van der Waals surface area contributed by atoms with Crippen molar-refractivity contribution in [3.05, 3.63) is 63.9 Å². The Labute approximate surface area is 195 Å². The van der Waals surface area contributed by atoms with Gasteiger partial charge in [-0.1, -0.05) is 63.1 Å². The number of aliphatic hydroxyl groups is 1. The Balaban J connectivity index is 1.82. The van der Waals surface area contributed by atoms with E-state index in [2.05, 4.69) is 18.7 Å². The Kier molecular flexibility index (Phi) is 9.06. The smallest absolute Gasteiger partial charge is 0.295 e. The lowest BCUT2D eigenvalue weighted by atomic mass is 10.00. The normalized spacial score (nSPS) is 18.1. The second-order valence-electron chi connectivity index (χ2n) is 8.28. The first kappa shape index (κ1) is 24.2. The number of unbranched alkanes of at least 4 members (excludes halogenated alkanes) is 2. The number of carbonyl (C=O) groups is 2. The van der Waals surface area contributed by atoms with Gasteiger partial charge in [0.1, 0.15) is 5.76 Å². The Morgan fingerprint density at radius 1 is 0.969 bits per heavy atom. The van der Waals surface area contributed by atoms with Gasteiger partial charge < -0.3 is 14.9 Å². The van der Waals surface area contributed by atoms with Crippen LogP contribution in [0.5, 0.6) is 0 Å². The number of hydrogen-bond donors (Lipinski definition) is 1. The predicted molar refractivity (Wildman–Crippen MR) is 131 cm³/mol. The van der Waals surface area contributed by atoms with Gasteiger partial charge in [-0.15, -0.1) is 11.3 Å². The summed E-state index contributed by atoms with van der Waals surface area (Å²) in [6.07, 6.45) is 5.46. The minimum atomic E-state index is -0.599.